The standard InChI is InChI=1S/C38H57N3O6/c1-11-12-13-14-18-24-41(34(43)28(4)39-36(45)47-38(8,9)10)32(31-26(2)20-19-21-27(31)3)33(42)40-30(35(44)46-37(5,6)7)25-29-22-16-15-17-23-29/h15-17,19-23,28,30,32H,11-14,18,24-25H2,1-10H3,(H,39,45)(H,40,42). The molecular weight excluding hydrogens is 594 g/mol. The second-order valence-electron chi connectivity index (χ2n) is 14.3. The van der Waals surface area contributed by atoms with Crippen LogP contribution in [0.5, 0.6) is 0 Å². The minimum atomic E-state index is -1.07. The van der Waals surface area contributed by atoms with Crippen molar-refractivity contribution in [3.05, 3.63) is 70.8 Å². The number of benzene rings is 2. The summed E-state index contributed by atoms with van der Waals surface area (Å²) < 4.78 is 11.2. The molecule has 0 fully saturated rings. The summed E-state index contributed by atoms with van der Waals surface area (Å²) in [6, 6.07) is 12.1. The Bertz CT molecular complexity index is 1310. The van der Waals surface area contributed by atoms with Crippen LogP contribution in [0, 0.1) is 13.8 Å². The van der Waals surface area contributed by atoms with E-state index in [4.69, 9.17) is 9.47 Å². The number of amides is 3. The zero-order valence-corrected chi connectivity index (χ0v) is 30.2. The highest BCUT2D eigenvalue weighted by Crippen LogP contribution is 2.30. The number of aryl methyl sites for hydroxylation is 2. The van der Waals surface area contributed by atoms with E-state index in [1.165, 1.54) is 0 Å². The molecule has 0 aliphatic heterocycles. The summed E-state index contributed by atoms with van der Waals surface area (Å²) in [5.41, 5.74) is 1.68. The number of esters is 1. The number of rotatable bonds is 15. The van der Waals surface area contributed by atoms with Crippen molar-refractivity contribution in [2.24, 2.45) is 0 Å². The number of carbonyl (C=O) groups excluding carboxylic acids is 4. The molecule has 0 saturated heterocycles. The van der Waals surface area contributed by atoms with E-state index in [0.717, 1.165) is 42.4 Å². The zero-order valence-electron chi connectivity index (χ0n) is 30.2. The summed E-state index contributed by atoms with van der Waals surface area (Å²) in [6.07, 6.45) is 4.18. The van der Waals surface area contributed by atoms with Gasteiger partial charge in [-0.1, -0.05) is 81.1 Å². The molecule has 47 heavy (non-hydrogen) atoms. The predicted octanol–water partition coefficient (Wildman–Crippen LogP) is 7.13. The molecule has 0 bridgehead atoms. The predicted molar refractivity (Wildman–Crippen MR) is 186 cm³/mol. The van der Waals surface area contributed by atoms with Crippen LogP contribution < -0.4 is 10.6 Å². The Morgan fingerprint density at radius 3 is 1.89 bits per heavy atom. The first kappa shape index (κ1) is 39.3. The highest BCUT2D eigenvalue weighted by atomic mass is 16.6. The third-order valence-electron chi connectivity index (χ3n) is 7.56. The van der Waals surface area contributed by atoms with Gasteiger partial charge in [-0.2, -0.15) is 0 Å². The summed E-state index contributed by atoms with van der Waals surface area (Å²) in [5.74, 6) is -1.49. The van der Waals surface area contributed by atoms with Crippen molar-refractivity contribution in [1.82, 2.24) is 15.5 Å². The van der Waals surface area contributed by atoms with Gasteiger partial charge in [-0.25, -0.2) is 9.59 Å². The molecule has 2 N–H and O–H groups in total. The Morgan fingerprint density at radius 1 is 0.766 bits per heavy atom. The van der Waals surface area contributed by atoms with Crippen molar-refractivity contribution in [3.8, 4) is 0 Å². The summed E-state index contributed by atoms with van der Waals surface area (Å²) in [5, 5.41) is 5.64. The first-order chi connectivity index (χ1) is 21.9. The summed E-state index contributed by atoms with van der Waals surface area (Å²) >= 11 is 0. The van der Waals surface area contributed by atoms with E-state index in [2.05, 4.69) is 17.6 Å². The van der Waals surface area contributed by atoms with E-state index in [1.54, 1.807) is 53.4 Å². The van der Waals surface area contributed by atoms with Crippen molar-refractivity contribution >= 4 is 23.9 Å². The molecule has 2 aromatic rings. The largest absolute Gasteiger partial charge is 0.458 e. The lowest BCUT2D eigenvalue weighted by atomic mass is 9.93. The van der Waals surface area contributed by atoms with Crippen molar-refractivity contribution in [2.75, 3.05) is 6.54 Å². The maximum Gasteiger partial charge on any atom is 0.408 e. The third kappa shape index (κ3) is 13.4. The topological polar surface area (TPSA) is 114 Å². The van der Waals surface area contributed by atoms with Gasteiger partial charge in [-0.05, 0) is 91.0 Å². The van der Waals surface area contributed by atoms with Crippen LogP contribution in [0.1, 0.15) is 116 Å². The lowest BCUT2D eigenvalue weighted by Gasteiger charge is -2.36. The number of hydrogen-bond acceptors (Lipinski definition) is 6. The zero-order chi connectivity index (χ0) is 35.4. The highest BCUT2D eigenvalue weighted by molar-refractivity contribution is 5.94. The molecule has 2 aromatic carbocycles. The van der Waals surface area contributed by atoms with E-state index in [9.17, 15) is 19.2 Å². The number of hydrogen-bond donors (Lipinski definition) is 2. The minimum Gasteiger partial charge on any atom is -0.458 e. The molecule has 0 aromatic heterocycles. The smallest absolute Gasteiger partial charge is 0.408 e. The van der Waals surface area contributed by atoms with Gasteiger partial charge in [0.1, 0.15) is 29.3 Å². The molecule has 0 radical (unpaired) electrons. The van der Waals surface area contributed by atoms with Gasteiger partial charge in [-0.15, -0.1) is 0 Å². The van der Waals surface area contributed by atoms with Crippen molar-refractivity contribution < 1.29 is 28.7 Å². The normalized spacial score (nSPS) is 13.6. The average Bonchev–Trinajstić information content (AvgIpc) is 2.95. The van der Waals surface area contributed by atoms with Crippen LogP contribution >= 0.6 is 0 Å². The number of unbranched alkanes of at least 4 members (excludes halogenated alkanes) is 4. The van der Waals surface area contributed by atoms with Crippen molar-refractivity contribution in [2.45, 2.75) is 137 Å². The van der Waals surface area contributed by atoms with E-state index in [-0.39, 0.29) is 13.0 Å². The molecule has 3 unspecified atom stereocenters. The van der Waals surface area contributed by atoms with Crippen molar-refractivity contribution in [3.63, 3.8) is 0 Å². The van der Waals surface area contributed by atoms with E-state index < -0.39 is 53.2 Å². The van der Waals surface area contributed by atoms with Crippen LogP contribution in [0.2, 0.25) is 0 Å². The van der Waals surface area contributed by atoms with E-state index >= 15 is 0 Å². The van der Waals surface area contributed by atoms with Gasteiger partial charge < -0.3 is 25.0 Å². The van der Waals surface area contributed by atoms with Crippen LogP contribution in [0.15, 0.2) is 48.5 Å². The first-order valence-electron chi connectivity index (χ1n) is 16.9. The maximum atomic E-state index is 14.6. The molecule has 0 heterocycles. The lowest BCUT2D eigenvalue weighted by molar-refractivity contribution is -0.159. The monoisotopic (exact) mass is 651 g/mol. The third-order valence-corrected chi connectivity index (χ3v) is 7.56. The Labute approximate surface area is 282 Å². The Hall–Kier alpha value is -3.88. The average molecular weight is 652 g/mol. The SMILES string of the molecule is CCCCCCCN(C(=O)C(C)NC(=O)OC(C)(C)C)C(C(=O)NC(Cc1ccccc1)C(=O)OC(C)(C)C)c1c(C)cccc1C. The molecule has 2 rings (SSSR count). The van der Waals surface area contributed by atoms with Gasteiger partial charge in [0, 0.05) is 13.0 Å². The van der Waals surface area contributed by atoms with Crippen LogP contribution in [-0.4, -0.2) is 58.6 Å². The van der Waals surface area contributed by atoms with Gasteiger partial charge in [0.2, 0.25) is 11.8 Å². The number of alkyl carbamates (subject to hydrolysis) is 1. The maximum absolute atomic E-state index is 14.6. The Balaban J connectivity index is 2.60. The Kier molecular flexibility index (Phi) is 14.9. The molecule has 3 atom stereocenters. The molecule has 3 amide bonds. The van der Waals surface area contributed by atoms with Gasteiger partial charge in [0.05, 0.1) is 0 Å². The summed E-state index contributed by atoms with van der Waals surface area (Å²) in [7, 11) is 0. The summed E-state index contributed by atoms with van der Waals surface area (Å²) in [6.45, 7) is 18.4. The van der Waals surface area contributed by atoms with E-state index in [1.807, 2.05) is 62.4 Å². The van der Waals surface area contributed by atoms with Gasteiger partial charge >= 0.3 is 12.1 Å². The molecule has 0 aliphatic carbocycles. The molecular formula is C38H57N3O6. The fourth-order valence-corrected chi connectivity index (χ4v) is 5.40. The van der Waals surface area contributed by atoms with Crippen LogP contribution in [-0.2, 0) is 30.3 Å². The number of nitrogens with zero attached hydrogens (tertiary/aromatic N) is 1. The van der Waals surface area contributed by atoms with Crippen LogP contribution in [0.25, 0.3) is 0 Å². The minimum absolute atomic E-state index is 0.211. The first-order valence-corrected chi connectivity index (χ1v) is 16.9. The second kappa shape index (κ2) is 17.9. The molecule has 9 heteroatoms. The lowest BCUT2D eigenvalue weighted by Crippen LogP contribution is -2.54. The number of ether oxygens (including phenoxy) is 2. The molecule has 0 spiro atoms. The highest BCUT2D eigenvalue weighted by Gasteiger charge is 2.38. The summed E-state index contributed by atoms with van der Waals surface area (Å²) in [4.78, 5) is 56.7. The molecule has 9 nitrogen and oxygen atoms in total. The molecule has 260 valence electrons. The fourth-order valence-electron chi connectivity index (χ4n) is 5.40. The number of nitrogens with one attached hydrogen (secondary N) is 2. The second-order valence-corrected chi connectivity index (χ2v) is 14.3. The number of carbonyl (C=O) groups is 4. The fraction of sp³-hybridized carbons (Fsp3) is 0.579. The van der Waals surface area contributed by atoms with Gasteiger partial charge in [-0.3, -0.25) is 9.59 Å². The van der Waals surface area contributed by atoms with Gasteiger partial charge in [0.15, 0.2) is 0 Å². The van der Waals surface area contributed by atoms with E-state index in [0.29, 0.717) is 12.0 Å². The van der Waals surface area contributed by atoms with Crippen molar-refractivity contribution in [1.29, 1.82) is 0 Å². The van der Waals surface area contributed by atoms with Gasteiger partial charge in [0.25, 0.3) is 0 Å². The Morgan fingerprint density at radius 2 is 1.34 bits per heavy atom. The van der Waals surface area contributed by atoms with Crippen LogP contribution in [0.4, 0.5) is 4.79 Å². The van der Waals surface area contributed by atoms with Crippen LogP contribution in [0.3, 0.4) is 0 Å². The molecule has 0 saturated carbocycles. The quantitative estimate of drug-likeness (QED) is 0.157. The molecule has 0 aliphatic rings.